The van der Waals surface area contributed by atoms with Crippen molar-refractivity contribution < 1.29 is 4.79 Å². The molecule has 0 heterocycles. The van der Waals surface area contributed by atoms with Gasteiger partial charge in [-0.05, 0) is 69.9 Å². The summed E-state index contributed by atoms with van der Waals surface area (Å²) in [6, 6.07) is 8.43. The molecule has 6 nitrogen and oxygen atoms in total. The van der Waals surface area contributed by atoms with E-state index in [1.807, 2.05) is 18.2 Å². The monoisotopic (exact) mass is 543 g/mol. The first-order chi connectivity index (χ1) is 14.5. The normalized spacial score (nSPS) is 15.5. The van der Waals surface area contributed by atoms with Crippen molar-refractivity contribution in [2.45, 2.75) is 71.9 Å². The number of rotatable bonds is 11. The highest BCUT2D eigenvalue weighted by Gasteiger charge is 2.22. The fraction of sp³-hybridized carbons (Fsp3) is 0.667. The summed E-state index contributed by atoms with van der Waals surface area (Å²) in [7, 11) is 1.80. The molecule has 0 saturated heterocycles. The van der Waals surface area contributed by atoms with E-state index in [0.29, 0.717) is 12.6 Å². The van der Waals surface area contributed by atoms with Crippen molar-refractivity contribution in [1.82, 2.24) is 15.5 Å². The molecule has 3 N–H and O–H groups in total. The van der Waals surface area contributed by atoms with E-state index in [9.17, 15) is 4.79 Å². The number of nitrogens with one attached hydrogen (secondary N) is 3. The topological polar surface area (TPSA) is 68.8 Å². The number of halogens is 1. The maximum absolute atomic E-state index is 12.4. The standard InChI is InChI=1S/C24H41N5O.HI/c1-5-29(6-2)16-10-11-19(3)27-24(25-4)26-18-20-12-9-15-22(17-20)28-23(30)21-13-7-8-14-21;/h9,12,15,17,19,21H,5-8,10-11,13-14,16,18H2,1-4H3,(H,28,30)(H2,25,26,27);1H. The third kappa shape index (κ3) is 10.2. The van der Waals surface area contributed by atoms with Crippen molar-refractivity contribution in [3.8, 4) is 0 Å². The van der Waals surface area contributed by atoms with E-state index in [0.717, 1.165) is 56.1 Å². The van der Waals surface area contributed by atoms with Gasteiger partial charge in [-0.15, -0.1) is 24.0 Å². The Morgan fingerprint density at radius 3 is 2.58 bits per heavy atom. The number of carbonyl (C=O) groups excluding carboxylic acids is 1. The van der Waals surface area contributed by atoms with Gasteiger partial charge in [-0.25, -0.2) is 0 Å². The van der Waals surface area contributed by atoms with Gasteiger partial charge in [0.25, 0.3) is 0 Å². The molecule has 1 unspecified atom stereocenters. The Morgan fingerprint density at radius 1 is 1.23 bits per heavy atom. The van der Waals surface area contributed by atoms with Crippen LogP contribution in [0, 0.1) is 5.92 Å². The Bertz CT molecular complexity index is 672. The van der Waals surface area contributed by atoms with E-state index in [1.165, 1.54) is 19.3 Å². The summed E-state index contributed by atoms with van der Waals surface area (Å²) < 4.78 is 0. The van der Waals surface area contributed by atoms with E-state index >= 15 is 0 Å². The van der Waals surface area contributed by atoms with Gasteiger partial charge in [0, 0.05) is 31.2 Å². The molecule has 0 aliphatic heterocycles. The number of carbonyl (C=O) groups is 1. The lowest BCUT2D eigenvalue weighted by molar-refractivity contribution is -0.119. The number of anilines is 1. The molecule has 1 aromatic rings. The van der Waals surface area contributed by atoms with Gasteiger partial charge < -0.3 is 20.9 Å². The minimum absolute atomic E-state index is 0. The molecule has 1 aromatic carbocycles. The van der Waals surface area contributed by atoms with Gasteiger partial charge in [0.2, 0.25) is 5.91 Å². The maximum Gasteiger partial charge on any atom is 0.227 e. The molecule has 0 aromatic heterocycles. The first kappa shape index (κ1) is 27.7. The van der Waals surface area contributed by atoms with Crippen molar-refractivity contribution >= 4 is 41.5 Å². The second-order valence-corrected chi connectivity index (χ2v) is 8.31. The summed E-state index contributed by atoms with van der Waals surface area (Å²) in [6.07, 6.45) is 6.66. The molecule has 1 saturated carbocycles. The van der Waals surface area contributed by atoms with Gasteiger partial charge in [0.05, 0.1) is 0 Å². The maximum atomic E-state index is 12.4. The van der Waals surface area contributed by atoms with Crippen LogP contribution in [0.2, 0.25) is 0 Å². The second kappa shape index (κ2) is 15.5. The van der Waals surface area contributed by atoms with Crippen LogP contribution in [0.25, 0.3) is 0 Å². The average molecular weight is 544 g/mol. The zero-order valence-electron chi connectivity index (χ0n) is 19.7. The molecule has 176 valence electrons. The molecular weight excluding hydrogens is 501 g/mol. The molecule has 0 bridgehead atoms. The van der Waals surface area contributed by atoms with Crippen LogP contribution in [0.3, 0.4) is 0 Å². The molecular formula is C24H42IN5O. The van der Waals surface area contributed by atoms with Crippen LogP contribution >= 0.6 is 24.0 Å². The molecule has 1 aliphatic carbocycles. The fourth-order valence-electron chi connectivity index (χ4n) is 4.04. The first-order valence-electron chi connectivity index (χ1n) is 11.6. The largest absolute Gasteiger partial charge is 0.354 e. The lowest BCUT2D eigenvalue weighted by atomic mass is 10.1. The van der Waals surface area contributed by atoms with E-state index in [4.69, 9.17) is 0 Å². The number of hydrogen-bond donors (Lipinski definition) is 3. The van der Waals surface area contributed by atoms with E-state index in [2.05, 4.69) is 52.7 Å². The molecule has 1 atom stereocenters. The Morgan fingerprint density at radius 2 is 1.94 bits per heavy atom. The van der Waals surface area contributed by atoms with Crippen LogP contribution < -0.4 is 16.0 Å². The molecule has 2 rings (SSSR count). The third-order valence-corrected chi connectivity index (χ3v) is 5.99. The van der Waals surface area contributed by atoms with Crippen LogP contribution in [-0.4, -0.2) is 49.5 Å². The van der Waals surface area contributed by atoms with Gasteiger partial charge in [-0.1, -0.05) is 38.8 Å². The molecule has 1 aliphatic rings. The molecule has 1 fully saturated rings. The molecule has 7 heteroatoms. The summed E-state index contributed by atoms with van der Waals surface area (Å²) in [5.74, 6) is 1.15. The zero-order chi connectivity index (χ0) is 21.8. The van der Waals surface area contributed by atoms with Gasteiger partial charge in [0.1, 0.15) is 0 Å². The number of amides is 1. The summed E-state index contributed by atoms with van der Waals surface area (Å²) in [5.41, 5.74) is 2.00. The minimum atomic E-state index is 0. The van der Waals surface area contributed by atoms with Gasteiger partial charge >= 0.3 is 0 Å². The average Bonchev–Trinajstić information content (AvgIpc) is 3.29. The van der Waals surface area contributed by atoms with Crippen molar-refractivity contribution in [2.75, 3.05) is 32.0 Å². The summed E-state index contributed by atoms with van der Waals surface area (Å²) in [6.45, 7) is 10.7. The molecule has 1 amide bonds. The number of hydrogen-bond acceptors (Lipinski definition) is 3. The Hall–Kier alpha value is -1.35. The Labute approximate surface area is 206 Å². The molecule has 0 spiro atoms. The van der Waals surface area contributed by atoms with Crippen LogP contribution in [0.15, 0.2) is 29.3 Å². The van der Waals surface area contributed by atoms with Crippen molar-refractivity contribution in [3.63, 3.8) is 0 Å². The highest BCUT2D eigenvalue weighted by molar-refractivity contribution is 14.0. The van der Waals surface area contributed by atoms with E-state index < -0.39 is 0 Å². The molecule has 31 heavy (non-hydrogen) atoms. The van der Waals surface area contributed by atoms with Crippen molar-refractivity contribution in [3.05, 3.63) is 29.8 Å². The number of nitrogens with zero attached hydrogens (tertiary/aromatic N) is 2. The lowest BCUT2D eigenvalue weighted by Gasteiger charge is -2.21. The smallest absolute Gasteiger partial charge is 0.227 e. The molecule has 0 radical (unpaired) electrons. The highest BCUT2D eigenvalue weighted by Crippen LogP contribution is 2.26. The summed E-state index contributed by atoms with van der Waals surface area (Å²) >= 11 is 0. The minimum Gasteiger partial charge on any atom is -0.354 e. The van der Waals surface area contributed by atoms with Crippen molar-refractivity contribution in [2.24, 2.45) is 10.9 Å². The van der Waals surface area contributed by atoms with E-state index in [1.54, 1.807) is 7.05 Å². The Kier molecular flexibility index (Phi) is 13.8. The number of guanidine groups is 1. The quantitative estimate of drug-likeness (QED) is 0.217. The highest BCUT2D eigenvalue weighted by atomic mass is 127. The Balaban J connectivity index is 0.00000480. The fourth-order valence-corrected chi connectivity index (χ4v) is 4.04. The van der Waals surface area contributed by atoms with E-state index in [-0.39, 0.29) is 35.8 Å². The van der Waals surface area contributed by atoms with Gasteiger partial charge in [-0.3, -0.25) is 9.79 Å². The zero-order valence-corrected chi connectivity index (χ0v) is 22.1. The SMILES string of the molecule is CCN(CC)CCCC(C)NC(=NC)NCc1cccc(NC(=O)C2CCCC2)c1.I. The summed E-state index contributed by atoms with van der Waals surface area (Å²) in [4.78, 5) is 19.2. The second-order valence-electron chi connectivity index (χ2n) is 8.31. The first-order valence-corrected chi connectivity index (χ1v) is 11.6. The third-order valence-electron chi connectivity index (χ3n) is 5.99. The van der Waals surface area contributed by atoms with Gasteiger partial charge in [-0.2, -0.15) is 0 Å². The van der Waals surface area contributed by atoms with Crippen molar-refractivity contribution in [1.29, 1.82) is 0 Å². The number of benzene rings is 1. The van der Waals surface area contributed by atoms with Crippen LogP contribution in [0.1, 0.15) is 64.9 Å². The van der Waals surface area contributed by atoms with Crippen LogP contribution in [-0.2, 0) is 11.3 Å². The van der Waals surface area contributed by atoms with Crippen LogP contribution in [0.4, 0.5) is 5.69 Å². The van der Waals surface area contributed by atoms with Crippen LogP contribution in [0.5, 0.6) is 0 Å². The summed E-state index contributed by atoms with van der Waals surface area (Å²) in [5, 5.41) is 9.95. The predicted octanol–water partition coefficient (Wildman–Crippen LogP) is 4.61. The number of aliphatic imine (C=N–C) groups is 1. The van der Waals surface area contributed by atoms with Gasteiger partial charge in [0.15, 0.2) is 5.96 Å². The lowest BCUT2D eigenvalue weighted by Crippen LogP contribution is -2.42. The predicted molar refractivity (Wildman–Crippen MR) is 142 cm³/mol.